The van der Waals surface area contributed by atoms with Gasteiger partial charge in [0.25, 0.3) is 0 Å². The van der Waals surface area contributed by atoms with E-state index in [-0.39, 0.29) is 0 Å². The second-order valence-electron chi connectivity index (χ2n) is 3.91. The van der Waals surface area contributed by atoms with E-state index in [1.54, 1.807) is 0 Å². The third-order valence-electron chi connectivity index (χ3n) is 2.68. The van der Waals surface area contributed by atoms with Crippen LogP contribution < -0.4 is 0 Å². The van der Waals surface area contributed by atoms with E-state index in [1.807, 2.05) is 28.8 Å². The van der Waals surface area contributed by atoms with Crippen LogP contribution in [0.4, 0.5) is 0 Å². The van der Waals surface area contributed by atoms with Crippen molar-refractivity contribution in [1.29, 1.82) is 0 Å². The molecule has 82 valence electrons. The van der Waals surface area contributed by atoms with Crippen LogP contribution in [0.3, 0.4) is 0 Å². The molecule has 1 saturated carbocycles. The maximum atomic E-state index is 6.07. The van der Waals surface area contributed by atoms with E-state index in [9.17, 15) is 0 Å². The highest BCUT2D eigenvalue weighted by Crippen LogP contribution is 2.40. The van der Waals surface area contributed by atoms with Crippen LogP contribution in [0.15, 0.2) is 28.7 Å². The molecule has 1 heterocycles. The summed E-state index contributed by atoms with van der Waals surface area (Å²) in [5.74, 6) is 1.51. The summed E-state index contributed by atoms with van der Waals surface area (Å²) in [4.78, 5) is 0. The van der Waals surface area contributed by atoms with E-state index < -0.39 is 0 Å². The average Bonchev–Trinajstić information content (AvgIpc) is 3.05. The number of benzene rings is 1. The molecular formula is C11H9BrClN3. The lowest BCUT2D eigenvalue weighted by atomic mass is 10.3. The van der Waals surface area contributed by atoms with Crippen molar-refractivity contribution in [2.45, 2.75) is 18.8 Å². The van der Waals surface area contributed by atoms with Crippen LogP contribution in [-0.2, 0) is 0 Å². The van der Waals surface area contributed by atoms with Gasteiger partial charge in [0.1, 0.15) is 5.82 Å². The zero-order valence-corrected chi connectivity index (χ0v) is 10.7. The molecule has 16 heavy (non-hydrogen) atoms. The van der Waals surface area contributed by atoms with Crippen LogP contribution in [0.2, 0.25) is 5.28 Å². The molecule has 3 nitrogen and oxygen atoms in total. The summed E-state index contributed by atoms with van der Waals surface area (Å²) in [6.07, 6.45) is 2.37. The van der Waals surface area contributed by atoms with Gasteiger partial charge in [0.15, 0.2) is 0 Å². The van der Waals surface area contributed by atoms with E-state index >= 15 is 0 Å². The normalized spacial score (nSPS) is 15.4. The third kappa shape index (κ3) is 1.76. The third-order valence-corrected chi connectivity index (χ3v) is 3.45. The monoisotopic (exact) mass is 297 g/mol. The summed E-state index contributed by atoms with van der Waals surface area (Å²) in [6.45, 7) is 0. The van der Waals surface area contributed by atoms with Crippen molar-refractivity contribution in [2.24, 2.45) is 0 Å². The molecule has 1 aromatic carbocycles. The van der Waals surface area contributed by atoms with Gasteiger partial charge in [0, 0.05) is 16.1 Å². The van der Waals surface area contributed by atoms with Gasteiger partial charge in [0.2, 0.25) is 5.28 Å². The van der Waals surface area contributed by atoms with E-state index in [4.69, 9.17) is 11.6 Å². The first-order chi connectivity index (χ1) is 7.75. The Balaban J connectivity index is 2.10. The van der Waals surface area contributed by atoms with Gasteiger partial charge in [0.05, 0.1) is 0 Å². The smallest absolute Gasteiger partial charge is 0.229 e. The van der Waals surface area contributed by atoms with Gasteiger partial charge in [-0.3, -0.25) is 4.57 Å². The molecule has 1 aromatic heterocycles. The lowest BCUT2D eigenvalue weighted by Crippen LogP contribution is -1.99. The first-order valence-electron chi connectivity index (χ1n) is 5.12. The lowest BCUT2D eigenvalue weighted by molar-refractivity contribution is 0.871. The van der Waals surface area contributed by atoms with Crippen LogP contribution in [0, 0.1) is 0 Å². The zero-order valence-electron chi connectivity index (χ0n) is 8.40. The SMILES string of the molecule is Clc1nnc(C2CC2)n1-c1ccc(Br)cc1. The minimum Gasteiger partial charge on any atom is -0.270 e. The molecule has 0 atom stereocenters. The topological polar surface area (TPSA) is 30.7 Å². The van der Waals surface area contributed by atoms with E-state index in [0.29, 0.717) is 11.2 Å². The van der Waals surface area contributed by atoms with Gasteiger partial charge in [-0.05, 0) is 48.7 Å². The molecule has 0 N–H and O–H groups in total. The molecule has 5 heteroatoms. The van der Waals surface area contributed by atoms with Gasteiger partial charge in [-0.15, -0.1) is 10.2 Å². The molecule has 1 aliphatic carbocycles. The van der Waals surface area contributed by atoms with Crippen LogP contribution in [0.25, 0.3) is 5.69 Å². The Labute approximate surface area is 107 Å². The molecule has 0 aliphatic heterocycles. The molecule has 0 bridgehead atoms. The summed E-state index contributed by atoms with van der Waals surface area (Å²) in [7, 11) is 0. The molecule has 1 fully saturated rings. The molecular weight excluding hydrogens is 289 g/mol. The van der Waals surface area contributed by atoms with Crippen molar-refractivity contribution in [2.75, 3.05) is 0 Å². The first kappa shape index (κ1) is 10.3. The van der Waals surface area contributed by atoms with Gasteiger partial charge in [-0.2, -0.15) is 0 Å². The molecule has 0 unspecified atom stereocenters. The molecule has 0 radical (unpaired) electrons. The quantitative estimate of drug-likeness (QED) is 0.849. The number of hydrogen-bond acceptors (Lipinski definition) is 2. The molecule has 0 amide bonds. The fraction of sp³-hybridized carbons (Fsp3) is 0.273. The molecule has 2 aromatic rings. The highest BCUT2D eigenvalue weighted by molar-refractivity contribution is 9.10. The Morgan fingerprint density at radius 2 is 1.88 bits per heavy atom. The maximum absolute atomic E-state index is 6.07. The van der Waals surface area contributed by atoms with E-state index in [2.05, 4.69) is 26.1 Å². The summed E-state index contributed by atoms with van der Waals surface area (Å²) < 4.78 is 2.97. The van der Waals surface area contributed by atoms with Crippen molar-refractivity contribution in [3.63, 3.8) is 0 Å². The predicted octanol–water partition coefficient (Wildman–Crippen LogP) is 3.56. The van der Waals surface area contributed by atoms with E-state index in [0.717, 1.165) is 16.0 Å². The summed E-state index contributed by atoms with van der Waals surface area (Å²) >= 11 is 9.48. The van der Waals surface area contributed by atoms with Crippen molar-refractivity contribution < 1.29 is 0 Å². The largest absolute Gasteiger partial charge is 0.270 e. The van der Waals surface area contributed by atoms with Gasteiger partial charge in [-0.25, -0.2) is 0 Å². The Hall–Kier alpha value is -0.870. The number of aromatic nitrogens is 3. The number of hydrogen-bond donors (Lipinski definition) is 0. The van der Waals surface area contributed by atoms with Crippen molar-refractivity contribution in [3.05, 3.63) is 39.8 Å². The van der Waals surface area contributed by atoms with Crippen molar-refractivity contribution in [3.8, 4) is 5.69 Å². The van der Waals surface area contributed by atoms with Gasteiger partial charge < -0.3 is 0 Å². The minimum absolute atomic E-state index is 0.434. The van der Waals surface area contributed by atoms with E-state index in [1.165, 1.54) is 12.8 Å². The average molecular weight is 299 g/mol. The first-order valence-corrected chi connectivity index (χ1v) is 6.29. The van der Waals surface area contributed by atoms with Crippen LogP contribution in [0.1, 0.15) is 24.6 Å². The molecule has 0 saturated heterocycles. The molecule has 0 spiro atoms. The Bertz CT molecular complexity index is 517. The number of nitrogens with zero attached hydrogens (tertiary/aromatic N) is 3. The fourth-order valence-corrected chi connectivity index (χ4v) is 2.20. The summed E-state index contributed by atoms with van der Waals surface area (Å²) in [5, 5.41) is 8.52. The molecule has 1 aliphatic rings. The standard InChI is InChI=1S/C11H9BrClN3/c12-8-3-5-9(6-4-8)16-10(7-1-2-7)14-15-11(16)13/h3-7H,1-2H2. The van der Waals surface area contributed by atoms with Gasteiger partial charge in [-0.1, -0.05) is 15.9 Å². The molecule has 3 rings (SSSR count). The Kier molecular flexibility index (Phi) is 2.48. The lowest BCUT2D eigenvalue weighted by Gasteiger charge is -2.06. The highest BCUT2D eigenvalue weighted by atomic mass is 79.9. The second-order valence-corrected chi connectivity index (χ2v) is 5.17. The van der Waals surface area contributed by atoms with Crippen LogP contribution >= 0.6 is 27.5 Å². The number of halogens is 2. The minimum atomic E-state index is 0.434. The van der Waals surface area contributed by atoms with Crippen LogP contribution in [-0.4, -0.2) is 14.8 Å². The second kappa shape index (κ2) is 3.86. The van der Waals surface area contributed by atoms with Crippen molar-refractivity contribution >= 4 is 27.5 Å². The summed E-state index contributed by atoms with van der Waals surface area (Å²) in [5.41, 5.74) is 1.01. The fourth-order valence-electron chi connectivity index (χ4n) is 1.71. The zero-order chi connectivity index (χ0) is 11.1. The predicted molar refractivity (Wildman–Crippen MR) is 66.0 cm³/mol. The van der Waals surface area contributed by atoms with Crippen LogP contribution in [0.5, 0.6) is 0 Å². The Morgan fingerprint density at radius 3 is 2.50 bits per heavy atom. The Morgan fingerprint density at radius 1 is 1.19 bits per heavy atom. The highest BCUT2D eigenvalue weighted by Gasteiger charge is 2.30. The number of rotatable bonds is 2. The van der Waals surface area contributed by atoms with Gasteiger partial charge >= 0.3 is 0 Å². The summed E-state index contributed by atoms with van der Waals surface area (Å²) in [6, 6.07) is 7.99. The maximum Gasteiger partial charge on any atom is 0.229 e. The van der Waals surface area contributed by atoms with Crippen molar-refractivity contribution in [1.82, 2.24) is 14.8 Å².